The van der Waals surface area contributed by atoms with Gasteiger partial charge < -0.3 is 19.5 Å². The maximum atomic E-state index is 13.2. The Morgan fingerprint density at radius 3 is 2.17 bits per heavy atom. The number of amides is 1. The summed E-state index contributed by atoms with van der Waals surface area (Å²) in [5.74, 6) is 1.74. The molecular weight excluding hydrogens is 382 g/mol. The molecule has 6 nitrogen and oxygen atoms in total. The summed E-state index contributed by atoms with van der Waals surface area (Å²) in [6.45, 7) is 0. The normalized spacial score (nSPS) is 21.0. The van der Waals surface area contributed by atoms with E-state index in [9.17, 15) is 9.59 Å². The molecule has 1 N–H and O–H groups in total. The third-order valence-corrected chi connectivity index (χ3v) is 5.93. The van der Waals surface area contributed by atoms with Crippen LogP contribution in [0.2, 0.25) is 0 Å². The van der Waals surface area contributed by atoms with Gasteiger partial charge in [0.1, 0.15) is 5.75 Å². The Morgan fingerprint density at radius 1 is 0.800 bits per heavy atom. The van der Waals surface area contributed by atoms with Crippen molar-refractivity contribution in [3.05, 3.63) is 64.9 Å². The first-order chi connectivity index (χ1) is 14.5. The van der Waals surface area contributed by atoms with Gasteiger partial charge in [0.15, 0.2) is 17.3 Å². The van der Waals surface area contributed by atoms with E-state index in [1.54, 1.807) is 21.3 Å². The van der Waals surface area contributed by atoms with Gasteiger partial charge >= 0.3 is 0 Å². The molecular formula is C24H25NO5. The van der Waals surface area contributed by atoms with E-state index in [1.807, 2.05) is 42.5 Å². The number of ether oxygens (including phenoxy) is 3. The summed E-state index contributed by atoms with van der Waals surface area (Å²) >= 11 is 0. The Morgan fingerprint density at radius 2 is 1.50 bits per heavy atom. The van der Waals surface area contributed by atoms with E-state index >= 15 is 0 Å². The van der Waals surface area contributed by atoms with E-state index < -0.39 is 0 Å². The number of ketones is 1. The van der Waals surface area contributed by atoms with Crippen molar-refractivity contribution in [2.45, 2.75) is 31.1 Å². The number of allylic oxidation sites excluding steroid dienone is 2. The molecule has 2 atom stereocenters. The van der Waals surface area contributed by atoms with E-state index in [2.05, 4.69) is 5.32 Å². The first kappa shape index (κ1) is 20.0. The number of carbonyl (C=O) groups is 2. The molecule has 30 heavy (non-hydrogen) atoms. The third kappa shape index (κ3) is 3.65. The quantitative estimate of drug-likeness (QED) is 0.818. The number of nitrogens with one attached hydrogen (secondary N) is 1. The summed E-state index contributed by atoms with van der Waals surface area (Å²) in [5, 5.41) is 2.96. The fourth-order valence-corrected chi connectivity index (χ4v) is 4.43. The van der Waals surface area contributed by atoms with Gasteiger partial charge in [-0.05, 0) is 47.7 Å². The maximum Gasteiger partial charge on any atom is 0.225 e. The summed E-state index contributed by atoms with van der Waals surface area (Å²) in [7, 11) is 4.78. The molecule has 156 valence electrons. The number of methoxy groups -OCH3 is 3. The average Bonchev–Trinajstić information content (AvgIpc) is 2.77. The average molecular weight is 407 g/mol. The first-order valence-electron chi connectivity index (χ1n) is 9.96. The molecule has 0 bridgehead atoms. The summed E-state index contributed by atoms with van der Waals surface area (Å²) in [4.78, 5) is 25.7. The lowest BCUT2D eigenvalue weighted by molar-refractivity contribution is -0.122. The zero-order chi connectivity index (χ0) is 21.3. The van der Waals surface area contributed by atoms with Gasteiger partial charge in [-0.25, -0.2) is 0 Å². The van der Waals surface area contributed by atoms with Crippen LogP contribution in [-0.4, -0.2) is 33.0 Å². The predicted octanol–water partition coefficient (Wildman–Crippen LogP) is 3.72. The molecule has 0 saturated heterocycles. The first-order valence-corrected chi connectivity index (χ1v) is 9.96. The SMILES string of the molecule is COc1ccc([C@@H]2CC(=O)C3=C(C2)NC(=O)C[C@@H]3c2ccc(OC)c(OC)c2)cc1. The van der Waals surface area contributed by atoms with Crippen molar-refractivity contribution < 1.29 is 23.8 Å². The zero-order valence-electron chi connectivity index (χ0n) is 17.4. The molecule has 0 radical (unpaired) electrons. The minimum atomic E-state index is -0.280. The van der Waals surface area contributed by atoms with Crippen LogP contribution in [0.25, 0.3) is 0 Å². The number of hydrogen-bond donors (Lipinski definition) is 1. The Balaban J connectivity index is 1.68. The molecule has 1 aliphatic heterocycles. The Hall–Kier alpha value is -3.28. The topological polar surface area (TPSA) is 73.9 Å². The van der Waals surface area contributed by atoms with Crippen LogP contribution >= 0.6 is 0 Å². The fourth-order valence-electron chi connectivity index (χ4n) is 4.43. The van der Waals surface area contributed by atoms with Crippen molar-refractivity contribution in [1.29, 1.82) is 0 Å². The van der Waals surface area contributed by atoms with E-state index in [-0.39, 0.29) is 29.9 Å². The molecule has 0 aromatic heterocycles. The van der Waals surface area contributed by atoms with Gasteiger partial charge in [-0.1, -0.05) is 18.2 Å². The highest BCUT2D eigenvalue weighted by molar-refractivity contribution is 6.02. The Bertz CT molecular complexity index is 1010. The molecule has 0 saturated carbocycles. The van der Waals surface area contributed by atoms with Crippen LogP contribution in [-0.2, 0) is 9.59 Å². The highest BCUT2D eigenvalue weighted by Crippen LogP contribution is 2.44. The fraction of sp³-hybridized carbons (Fsp3) is 0.333. The monoisotopic (exact) mass is 407 g/mol. The van der Waals surface area contributed by atoms with E-state index in [4.69, 9.17) is 14.2 Å². The van der Waals surface area contributed by atoms with Crippen molar-refractivity contribution >= 4 is 11.7 Å². The van der Waals surface area contributed by atoms with Gasteiger partial charge in [-0.15, -0.1) is 0 Å². The smallest absolute Gasteiger partial charge is 0.225 e. The molecule has 4 rings (SSSR count). The Kier molecular flexibility index (Phi) is 5.48. The van der Waals surface area contributed by atoms with Crippen LogP contribution in [0.5, 0.6) is 17.2 Å². The number of hydrogen-bond acceptors (Lipinski definition) is 5. The second kappa shape index (κ2) is 8.22. The van der Waals surface area contributed by atoms with Crippen LogP contribution in [0.15, 0.2) is 53.7 Å². The number of Topliss-reactive ketones (excluding diaryl/α,β-unsaturated/α-hetero) is 1. The second-order valence-electron chi connectivity index (χ2n) is 7.61. The molecule has 2 aromatic rings. The molecule has 2 aliphatic rings. The zero-order valence-corrected chi connectivity index (χ0v) is 17.4. The van der Waals surface area contributed by atoms with Gasteiger partial charge in [-0.3, -0.25) is 9.59 Å². The maximum absolute atomic E-state index is 13.2. The van der Waals surface area contributed by atoms with Crippen molar-refractivity contribution in [3.8, 4) is 17.2 Å². The van der Waals surface area contributed by atoms with E-state index in [0.29, 0.717) is 29.9 Å². The predicted molar refractivity (Wildman–Crippen MR) is 112 cm³/mol. The molecule has 0 unspecified atom stereocenters. The van der Waals surface area contributed by atoms with Crippen molar-refractivity contribution in [1.82, 2.24) is 5.32 Å². The minimum Gasteiger partial charge on any atom is -0.497 e. The number of benzene rings is 2. The summed E-state index contributed by atoms with van der Waals surface area (Å²) < 4.78 is 16.0. The molecule has 6 heteroatoms. The number of rotatable bonds is 5. The van der Waals surface area contributed by atoms with Gasteiger partial charge in [0, 0.05) is 30.0 Å². The van der Waals surface area contributed by atoms with Crippen molar-refractivity contribution in [2.24, 2.45) is 0 Å². The number of carbonyl (C=O) groups excluding carboxylic acids is 2. The van der Waals surface area contributed by atoms with Crippen LogP contribution in [0, 0.1) is 0 Å². The van der Waals surface area contributed by atoms with E-state index in [1.165, 1.54) is 0 Å². The lowest BCUT2D eigenvalue weighted by Crippen LogP contribution is -2.38. The lowest BCUT2D eigenvalue weighted by Gasteiger charge is -2.34. The molecule has 1 heterocycles. The van der Waals surface area contributed by atoms with Gasteiger partial charge in [0.2, 0.25) is 5.91 Å². The highest BCUT2D eigenvalue weighted by Gasteiger charge is 2.38. The lowest BCUT2D eigenvalue weighted by atomic mass is 9.73. The van der Waals surface area contributed by atoms with Crippen molar-refractivity contribution in [3.63, 3.8) is 0 Å². The molecule has 1 amide bonds. The second-order valence-corrected chi connectivity index (χ2v) is 7.61. The molecule has 2 aromatic carbocycles. The van der Waals surface area contributed by atoms with Crippen LogP contribution < -0.4 is 19.5 Å². The summed E-state index contributed by atoms with van der Waals surface area (Å²) in [6, 6.07) is 13.3. The molecule has 0 fully saturated rings. The van der Waals surface area contributed by atoms with Crippen LogP contribution in [0.4, 0.5) is 0 Å². The van der Waals surface area contributed by atoms with Gasteiger partial charge in [-0.2, -0.15) is 0 Å². The third-order valence-electron chi connectivity index (χ3n) is 5.93. The summed E-state index contributed by atoms with van der Waals surface area (Å²) in [6.07, 6.45) is 1.29. The minimum absolute atomic E-state index is 0.0339. The largest absolute Gasteiger partial charge is 0.497 e. The Labute approximate surface area is 175 Å². The standard InChI is InChI=1S/C24H25NO5/c1-28-17-7-4-14(5-8-17)16-10-19-24(20(26)11-16)18(13-23(27)25-19)15-6-9-21(29-2)22(12-15)30-3/h4-9,12,16,18H,10-11,13H2,1-3H3,(H,25,27)/t16-,18+/m0/s1. The van der Waals surface area contributed by atoms with Crippen molar-refractivity contribution in [2.75, 3.05) is 21.3 Å². The van der Waals surface area contributed by atoms with Gasteiger partial charge in [0.05, 0.1) is 21.3 Å². The highest BCUT2D eigenvalue weighted by atomic mass is 16.5. The molecule has 1 aliphatic carbocycles. The van der Waals surface area contributed by atoms with Gasteiger partial charge in [0.25, 0.3) is 0 Å². The van der Waals surface area contributed by atoms with Crippen LogP contribution in [0.1, 0.15) is 42.2 Å². The van der Waals surface area contributed by atoms with Crippen LogP contribution in [0.3, 0.4) is 0 Å². The summed E-state index contributed by atoms with van der Waals surface area (Å²) in [5.41, 5.74) is 3.40. The van der Waals surface area contributed by atoms with E-state index in [0.717, 1.165) is 22.6 Å². The molecule has 0 spiro atoms.